The summed E-state index contributed by atoms with van der Waals surface area (Å²) in [5.41, 5.74) is 2.86. The quantitative estimate of drug-likeness (QED) is 0.587. The number of carbonyl (C=O) groups excluding carboxylic acids is 2. The Bertz CT molecular complexity index is 569. The van der Waals surface area contributed by atoms with Crippen molar-refractivity contribution in [2.45, 2.75) is 31.2 Å². The molecule has 1 aromatic carbocycles. The molecule has 4 nitrogen and oxygen atoms in total. The lowest BCUT2D eigenvalue weighted by molar-refractivity contribution is -0.118. The van der Waals surface area contributed by atoms with Crippen LogP contribution >= 0.6 is 0 Å². The highest BCUT2D eigenvalue weighted by molar-refractivity contribution is 5.96. The first-order chi connectivity index (χ1) is 8.68. The maximum atomic E-state index is 11.7. The second-order valence-electron chi connectivity index (χ2n) is 4.99. The number of aliphatic imine (C=N–C) groups is 1. The van der Waals surface area contributed by atoms with Crippen molar-refractivity contribution in [3.05, 3.63) is 29.3 Å². The van der Waals surface area contributed by atoms with Gasteiger partial charge in [0, 0.05) is 19.2 Å². The molecule has 1 aliphatic carbocycles. The minimum absolute atomic E-state index is 0.142. The lowest BCUT2D eigenvalue weighted by Gasteiger charge is -2.28. The summed E-state index contributed by atoms with van der Waals surface area (Å²) < 4.78 is 0. The van der Waals surface area contributed by atoms with Gasteiger partial charge in [-0.2, -0.15) is 4.99 Å². The third-order valence-corrected chi connectivity index (χ3v) is 3.96. The second kappa shape index (κ2) is 3.79. The van der Waals surface area contributed by atoms with Crippen molar-refractivity contribution in [3.8, 4) is 0 Å². The molecule has 92 valence electrons. The number of benzene rings is 1. The third-order valence-electron chi connectivity index (χ3n) is 3.96. The fraction of sp³-hybridized carbons (Fsp3) is 0.429. The average Bonchev–Trinajstić information content (AvgIpc) is 3.15. The molecule has 0 N–H and O–H groups in total. The van der Waals surface area contributed by atoms with Crippen molar-refractivity contribution in [3.63, 3.8) is 0 Å². The smallest absolute Gasteiger partial charge is 0.235 e. The molecule has 0 bridgehead atoms. The van der Waals surface area contributed by atoms with E-state index in [-0.39, 0.29) is 11.4 Å². The summed E-state index contributed by atoms with van der Waals surface area (Å²) in [6.45, 7) is 0. The molecule has 1 amide bonds. The number of isocyanates is 1. The van der Waals surface area contributed by atoms with Gasteiger partial charge >= 0.3 is 0 Å². The van der Waals surface area contributed by atoms with Crippen molar-refractivity contribution >= 4 is 17.7 Å². The Labute approximate surface area is 105 Å². The van der Waals surface area contributed by atoms with Crippen molar-refractivity contribution in [1.82, 2.24) is 0 Å². The first kappa shape index (κ1) is 11.2. The topological polar surface area (TPSA) is 49.7 Å². The number of fused-ring (bicyclic) bond motifs is 1. The van der Waals surface area contributed by atoms with E-state index in [9.17, 15) is 9.59 Å². The van der Waals surface area contributed by atoms with Gasteiger partial charge in [0.2, 0.25) is 12.0 Å². The minimum Gasteiger partial charge on any atom is -0.315 e. The van der Waals surface area contributed by atoms with E-state index in [1.165, 1.54) is 0 Å². The van der Waals surface area contributed by atoms with Gasteiger partial charge in [0.25, 0.3) is 0 Å². The van der Waals surface area contributed by atoms with E-state index < -0.39 is 0 Å². The lowest BCUT2D eigenvalue weighted by atomic mass is 9.91. The van der Waals surface area contributed by atoms with Gasteiger partial charge in [-0.3, -0.25) is 4.79 Å². The van der Waals surface area contributed by atoms with Gasteiger partial charge in [-0.25, -0.2) is 4.79 Å². The largest absolute Gasteiger partial charge is 0.315 e. The Balaban J connectivity index is 2.14. The zero-order valence-corrected chi connectivity index (χ0v) is 10.3. The second-order valence-corrected chi connectivity index (χ2v) is 4.99. The maximum Gasteiger partial charge on any atom is 0.235 e. The molecule has 0 saturated heterocycles. The summed E-state index contributed by atoms with van der Waals surface area (Å²) in [6.07, 6.45) is 4.76. The molecule has 2 aliphatic rings. The van der Waals surface area contributed by atoms with Crippen LogP contribution in [0.2, 0.25) is 0 Å². The van der Waals surface area contributed by atoms with Crippen LogP contribution in [0.15, 0.2) is 23.2 Å². The van der Waals surface area contributed by atoms with Gasteiger partial charge in [0.05, 0.1) is 5.54 Å². The van der Waals surface area contributed by atoms with E-state index in [0.717, 1.165) is 36.1 Å². The van der Waals surface area contributed by atoms with Gasteiger partial charge in [0.15, 0.2) is 0 Å². The molecule has 1 aromatic rings. The fourth-order valence-corrected chi connectivity index (χ4v) is 2.77. The molecule has 0 atom stereocenters. The van der Waals surface area contributed by atoms with E-state index in [4.69, 9.17) is 0 Å². The Morgan fingerprint density at radius 3 is 2.78 bits per heavy atom. The molecule has 0 radical (unpaired) electrons. The predicted molar refractivity (Wildman–Crippen MR) is 67.2 cm³/mol. The molecule has 1 heterocycles. The van der Waals surface area contributed by atoms with Crippen LogP contribution in [0.1, 0.15) is 30.4 Å². The highest BCUT2D eigenvalue weighted by Gasteiger charge is 2.47. The zero-order chi connectivity index (χ0) is 12.8. The summed E-state index contributed by atoms with van der Waals surface area (Å²) in [4.78, 5) is 27.9. The van der Waals surface area contributed by atoms with Crippen LogP contribution in [0.25, 0.3) is 0 Å². The molecule has 3 rings (SSSR count). The Morgan fingerprint density at radius 2 is 2.11 bits per heavy atom. The van der Waals surface area contributed by atoms with E-state index in [0.29, 0.717) is 6.42 Å². The van der Waals surface area contributed by atoms with Crippen LogP contribution in [-0.2, 0) is 21.5 Å². The van der Waals surface area contributed by atoms with Crippen LogP contribution in [0, 0.1) is 0 Å². The highest BCUT2D eigenvalue weighted by Crippen LogP contribution is 2.52. The molecule has 1 saturated carbocycles. The first-order valence-electron chi connectivity index (χ1n) is 6.16. The van der Waals surface area contributed by atoms with Crippen LogP contribution in [0.4, 0.5) is 5.69 Å². The van der Waals surface area contributed by atoms with Gasteiger partial charge in [-0.05, 0) is 36.5 Å². The van der Waals surface area contributed by atoms with E-state index in [2.05, 4.69) is 4.99 Å². The fourth-order valence-electron chi connectivity index (χ4n) is 2.77. The Kier molecular flexibility index (Phi) is 2.35. The Morgan fingerprint density at radius 1 is 1.33 bits per heavy atom. The number of hydrogen-bond donors (Lipinski definition) is 0. The molecular weight excluding hydrogens is 228 g/mol. The molecular formula is C14H14N2O2. The van der Waals surface area contributed by atoms with E-state index in [1.807, 2.05) is 18.2 Å². The van der Waals surface area contributed by atoms with Crippen molar-refractivity contribution < 1.29 is 9.59 Å². The number of amides is 1. The molecule has 0 spiro atoms. The SMILES string of the molecule is CN1C(=O)CCc2c1cccc2C1(N=C=O)CC1. The van der Waals surface area contributed by atoms with E-state index in [1.54, 1.807) is 18.0 Å². The normalized spacial score (nSPS) is 20.1. The number of hydrogen-bond acceptors (Lipinski definition) is 3. The molecule has 1 fully saturated rings. The molecule has 0 unspecified atom stereocenters. The van der Waals surface area contributed by atoms with Crippen molar-refractivity contribution in [2.75, 3.05) is 11.9 Å². The van der Waals surface area contributed by atoms with Crippen molar-refractivity contribution in [2.24, 2.45) is 4.99 Å². The molecule has 18 heavy (non-hydrogen) atoms. The summed E-state index contributed by atoms with van der Waals surface area (Å²) in [5.74, 6) is 0.142. The van der Waals surface area contributed by atoms with Crippen LogP contribution in [-0.4, -0.2) is 19.0 Å². The lowest BCUT2D eigenvalue weighted by Crippen LogP contribution is -2.32. The van der Waals surface area contributed by atoms with Gasteiger partial charge in [-0.1, -0.05) is 12.1 Å². The van der Waals surface area contributed by atoms with Crippen LogP contribution in [0.3, 0.4) is 0 Å². The van der Waals surface area contributed by atoms with Gasteiger partial charge in [-0.15, -0.1) is 0 Å². The van der Waals surface area contributed by atoms with Crippen LogP contribution < -0.4 is 4.90 Å². The van der Waals surface area contributed by atoms with E-state index >= 15 is 0 Å². The van der Waals surface area contributed by atoms with Crippen LogP contribution in [0.5, 0.6) is 0 Å². The predicted octanol–water partition coefficient (Wildman–Crippen LogP) is 1.92. The Hall–Kier alpha value is -1.93. The summed E-state index contributed by atoms with van der Waals surface area (Å²) in [6, 6.07) is 5.91. The first-order valence-corrected chi connectivity index (χ1v) is 6.16. The van der Waals surface area contributed by atoms with Gasteiger partial charge < -0.3 is 4.90 Å². The summed E-state index contributed by atoms with van der Waals surface area (Å²) >= 11 is 0. The number of anilines is 1. The standard InChI is InChI=1S/C14H14N2O2/c1-16-12-4-2-3-11(10(12)5-6-13(16)18)14(7-8-14)15-9-17/h2-4H,5-8H2,1H3. The summed E-state index contributed by atoms with van der Waals surface area (Å²) in [5, 5.41) is 0. The third kappa shape index (κ3) is 1.50. The molecule has 1 aliphatic heterocycles. The van der Waals surface area contributed by atoms with Crippen molar-refractivity contribution in [1.29, 1.82) is 0 Å². The maximum absolute atomic E-state index is 11.7. The monoisotopic (exact) mass is 242 g/mol. The zero-order valence-electron chi connectivity index (χ0n) is 10.3. The molecule has 4 heteroatoms. The summed E-state index contributed by atoms with van der Waals surface area (Å²) in [7, 11) is 1.80. The minimum atomic E-state index is -0.353. The number of rotatable bonds is 2. The average molecular weight is 242 g/mol. The number of nitrogens with zero attached hydrogens (tertiary/aromatic N) is 2. The highest BCUT2D eigenvalue weighted by atomic mass is 16.2. The van der Waals surface area contributed by atoms with Gasteiger partial charge in [0.1, 0.15) is 0 Å². The molecule has 0 aromatic heterocycles. The number of carbonyl (C=O) groups is 1.